The smallest absolute Gasteiger partial charge is 0.227 e. The first kappa shape index (κ1) is 24.7. The predicted molar refractivity (Wildman–Crippen MR) is 134 cm³/mol. The minimum Gasteiger partial charge on any atom is -0.342 e. The maximum Gasteiger partial charge on any atom is 0.227 e. The topological polar surface area (TPSA) is 46.1 Å². The van der Waals surface area contributed by atoms with Crippen molar-refractivity contribution < 1.29 is 13.6 Å². The van der Waals surface area contributed by atoms with E-state index in [-0.39, 0.29) is 23.8 Å². The van der Waals surface area contributed by atoms with Crippen molar-refractivity contribution in [3.63, 3.8) is 0 Å². The molecule has 0 atom stereocenters. The number of hydrogen-bond acceptors (Lipinski definition) is 3. The number of carbonyl (C=O) groups is 1. The van der Waals surface area contributed by atoms with Gasteiger partial charge in [0, 0.05) is 36.3 Å². The number of amides is 1. The maximum atomic E-state index is 14.0. The highest BCUT2D eigenvalue weighted by atomic mass is 19.1. The van der Waals surface area contributed by atoms with Crippen LogP contribution in [0.25, 0.3) is 6.08 Å². The molecule has 1 aliphatic heterocycles. The fourth-order valence-electron chi connectivity index (χ4n) is 4.83. The van der Waals surface area contributed by atoms with Gasteiger partial charge in [0.05, 0.1) is 12.1 Å². The third-order valence-corrected chi connectivity index (χ3v) is 6.52. The lowest BCUT2D eigenvalue weighted by Gasteiger charge is -2.32. The van der Waals surface area contributed by atoms with Gasteiger partial charge in [0.15, 0.2) is 0 Å². The van der Waals surface area contributed by atoms with E-state index in [2.05, 4.69) is 49.2 Å². The van der Waals surface area contributed by atoms with Gasteiger partial charge in [0.2, 0.25) is 5.91 Å². The van der Waals surface area contributed by atoms with Gasteiger partial charge in [0.25, 0.3) is 0 Å². The average molecular weight is 476 g/mol. The molecule has 1 aromatic heterocycles. The van der Waals surface area contributed by atoms with Crippen LogP contribution in [-0.4, -0.2) is 33.9 Å². The molecule has 0 spiro atoms. The SMILES string of the molecule is Cc1cc(C)cc(C/C=C\c2cnc(C)nc2C2CCN(C(=O)Cc3c(F)cccc3F)CC2)c1. The summed E-state index contributed by atoms with van der Waals surface area (Å²) >= 11 is 0. The van der Waals surface area contributed by atoms with E-state index in [1.807, 2.05) is 13.1 Å². The van der Waals surface area contributed by atoms with Crippen molar-refractivity contribution in [1.82, 2.24) is 14.9 Å². The van der Waals surface area contributed by atoms with Crippen LogP contribution in [0.1, 0.15) is 58.1 Å². The van der Waals surface area contributed by atoms with Gasteiger partial charge in [0.1, 0.15) is 17.5 Å². The Labute approximate surface area is 205 Å². The Morgan fingerprint density at radius 1 is 1.06 bits per heavy atom. The number of aryl methyl sites for hydroxylation is 3. The summed E-state index contributed by atoms with van der Waals surface area (Å²) in [5, 5.41) is 0. The van der Waals surface area contributed by atoms with E-state index < -0.39 is 11.6 Å². The van der Waals surface area contributed by atoms with Gasteiger partial charge in [-0.3, -0.25) is 4.79 Å². The van der Waals surface area contributed by atoms with Gasteiger partial charge in [-0.2, -0.15) is 0 Å². The van der Waals surface area contributed by atoms with Crippen LogP contribution in [0.5, 0.6) is 0 Å². The maximum absolute atomic E-state index is 14.0. The Kier molecular flexibility index (Phi) is 7.69. The highest BCUT2D eigenvalue weighted by Gasteiger charge is 2.27. The molecule has 0 aliphatic carbocycles. The Balaban J connectivity index is 1.42. The van der Waals surface area contributed by atoms with E-state index in [4.69, 9.17) is 4.98 Å². The summed E-state index contributed by atoms with van der Waals surface area (Å²) in [6.07, 6.45) is 8.17. The normalized spacial score (nSPS) is 14.6. The number of carbonyl (C=O) groups excluding carboxylic acids is 1. The molecule has 35 heavy (non-hydrogen) atoms. The first-order valence-electron chi connectivity index (χ1n) is 12.1. The number of nitrogens with zero attached hydrogens (tertiary/aromatic N) is 3. The van der Waals surface area contributed by atoms with E-state index in [0.717, 1.165) is 36.3 Å². The van der Waals surface area contributed by atoms with Gasteiger partial charge in [-0.15, -0.1) is 0 Å². The number of halogens is 2. The third kappa shape index (κ3) is 6.18. The second-order valence-electron chi connectivity index (χ2n) is 9.39. The van der Waals surface area contributed by atoms with Gasteiger partial charge in [-0.05, 0) is 57.7 Å². The fourth-order valence-corrected chi connectivity index (χ4v) is 4.83. The van der Waals surface area contributed by atoms with E-state index in [9.17, 15) is 13.6 Å². The first-order valence-corrected chi connectivity index (χ1v) is 12.1. The van der Waals surface area contributed by atoms with E-state index in [1.165, 1.54) is 34.9 Å². The van der Waals surface area contributed by atoms with Crippen molar-refractivity contribution in [2.75, 3.05) is 13.1 Å². The lowest BCUT2D eigenvalue weighted by molar-refractivity contribution is -0.131. The van der Waals surface area contributed by atoms with Crippen molar-refractivity contribution in [2.24, 2.45) is 0 Å². The summed E-state index contributed by atoms with van der Waals surface area (Å²) in [6, 6.07) is 10.2. The Morgan fingerprint density at radius 3 is 2.37 bits per heavy atom. The summed E-state index contributed by atoms with van der Waals surface area (Å²) in [5.74, 6) is -0.685. The highest BCUT2D eigenvalue weighted by molar-refractivity contribution is 5.79. The van der Waals surface area contributed by atoms with E-state index in [1.54, 1.807) is 4.90 Å². The molecule has 2 heterocycles. The molecule has 0 unspecified atom stereocenters. The second-order valence-corrected chi connectivity index (χ2v) is 9.39. The van der Waals surface area contributed by atoms with Gasteiger partial charge < -0.3 is 4.90 Å². The van der Waals surface area contributed by atoms with Gasteiger partial charge >= 0.3 is 0 Å². The molecule has 0 bridgehead atoms. The fraction of sp³-hybridized carbons (Fsp3) is 0.345. The molecular weight excluding hydrogens is 444 g/mol. The van der Waals surface area contributed by atoms with Crippen LogP contribution < -0.4 is 0 Å². The zero-order chi connectivity index (χ0) is 24.9. The molecule has 1 aliphatic rings. The quantitative estimate of drug-likeness (QED) is 0.447. The van der Waals surface area contributed by atoms with Crippen LogP contribution in [0.4, 0.5) is 8.78 Å². The Hall–Kier alpha value is -3.41. The van der Waals surface area contributed by atoms with Crippen LogP contribution in [0, 0.1) is 32.4 Å². The standard InChI is InChI=1S/C29H31F2N3O/c1-19-14-20(2)16-22(15-19)6-4-7-24-18-32-21(3)33-29(24)23-10-12-34(13-11-23)28(35)17-25-26(30)8-5-9-27(25)31/h4-5,7-9,14-16,18,23H,6,10-13,17H2,1-3H3/b7-4-. The molecule has 0 saturated carbocycles. The summed E-state index contributed by atoms with van der Waals surface area (Å²) in [4.78, 5) is 23.6. The molecule has 182 valence electrons. The monoisotopic (exact) mass is 475 g/mol. The van der Waals surface area contributed by atoms with Crippen molar-refractivity contribution in [1.29, 1.82) is 0 Å². The molecule has 0 N–H and O–H groups in total. The minimum absolute atomic E-state index is 0.165. The number of piperidine rings is 1. The predicted octanol–water partition coefficient (Wildman–Crippen LogP) is 5.88. The molecule has 4 rings (SSSR count). The number of allylic oxidation sites excluding steroid dienone is 1. The second kappa shape index (κ2) is 10.9. The summed E-state index contributed by atoms with van der Waals surface area (Å²) in [6.45, 7) is 7.17. The summed E-state index contributed by atoms with van der Waals surface area (Å²) in [7, 11) is 0. The molecule has 6 heteroatoms. The zero-order valence-electron chi connectivity index (χ0n) is 20.5. The lowest BCUT2D eigenvalue weighted by atomic mass is 9.90. The molecule has 2 aromatic carbocycles. The molecule has 3 aromatic rings. The van der Waals surface area contributed by atoms with Crippen molar-refractivity contribution in [3.8, 4) is 0 Å². The van der Waals surface area contributed by atoms with Crippen molar-refractivity contribution in [3.05, 3.63) is 99.6 Å². The summed E-state index contributed by atoms with van der Waals surface area (Å²) in [5.41, 5.74) is 5.62. The van der Waals surface area contributed by atoms with Gasteiger partial charge in [-0.1, -0.05) is 47.5 Å². The highest BCUT2D eigenvalue weighted by Crippen LogP contribution is 2.30. The van der Waals surface area contributed by atoms with E-state index in [0.29, 0.717) is 13.1 Å². The molecule has 0 radical (unpaired) electrons. The van der Waals surface area contributed by atoms with Crippen molar-refractivity contribution >= 4 is 12.0 Å². The Morgan fingerprint density at radius 2 is 1.71 bits per heavy atom. The summed E-state index contributed by atoms with van der Waals surface area (Å²) < 4.78 is 27.9. The number of aromatic nitrogens is 2. The van der Waals surface area contributed by atoms with Crippen LogP contribution in [0.15, 0.2) is 48.7 Å². The zero-order valence-corrected chi connectivity index (χ0v) is 20.5. The molecule has 1 fully saturated rings. The number of hydrogen-bond donors (Lipinski definition) is 0. The third-order valence-electron chi connectivity index (χ3n) is 6.52. The number of likely N-dealkylation sites (tertiary alicyclic amines) is 1. The first-order chi connectivity index (χ1) is 16.8. The Bertz CT molecular complexity index is 1210. The number of benzene rings is 2. The largest absolute Gasteiger partial charge is 0.342 e. The molecule has 1 amide bonds. The average Bonchev–Trinajstić information content (AvgIpc) is 2.82. The minimum atomic E-state index is -0.679. The van der Waals surface area contributed by atoms with Crippen LogP contribution in [0.2, 0.25) is 0 Å². The molecule has 4 nitrogen and oxygen atoms in total. The van der Waals surface area contributed by atoms with Crippen molar-refractivity contribution in [2.45, 2.75) is 52.4 Å². The van der Waals surface area contributed by atoms with Crippen LogP contribution >= 0.6 is 0 Å². The molecule has 1 saturated heterocycles. The van der Waals surface area contributed by atoms with Crippen LogP contribution in [-0.2, 0) is 17.6 Å². The van der Waals surface area contributed by atoms with E-state index >= 15 is 0 Å². The number of rotatable bonds is 6. The van der Waals surface area contributed by atoms with Gasteiger partial charge in [-0.25, -0.2) is 18.7 Å². The molecular formula is C29H31F2N3O. The lowest BCUT2D eigenvalue weighted by Crippen LogP contribution is -2.39. The van der Waals surface area contributed by atoms with Crippen LogP contribution in [0.3, 0.4) is 0 Å².